The molecule has 0 spiro atoms. The largest absolute Gasteiger partial charge is 0.322 e. The van der Waals surface area contributed by atoms with Crippen LogP contribution in [0.15, 0.2) is 29.6 Å². The third kappa shape index (κ3) is 3.50. The molecule has 0 saturated heterocycles. The highest BCUT2D eigenvalue weighted by Gasteiger charge is 2.23. The zero-order valence-electron chi connectivity index (χ0n) is 14.2. The monoisotopic (exact) mass is 327 g/mol. The van der Waals surface area contributed by atoms with Crippen LogP contribution in [0.5, 0.6) is 0 Å². The molecule has 2 unspecified atom stereocenters. The van der Waals surface area contributed by atoms with Crippen molar-refractivity contribution in [1.29, 1.82) is 0 Å². The number of benzene rings is 1. The number of carbonyl (C=O) groups excluding carboxylic acids is 1. The van der Waals surface area contributed by atoms with E-state index >= 15 is 0 Å². The van der Waals surface area contributed by atoms with E-state index in [1.54, 1.807) is 11.3 Å². The molecular formula is C20H25NOS. The van der Waals surface area contributed by atoms with E-state index in [4.69, 9.17) is 0 Å². The highest BCUT2D eigenvalue weighted by Crippen LogP contribution is 2.33. The van der Waals surface area contributed by atoms with Crippen LogP contribution in [0.1, 0.15) is 65.9 Å². The summed E-state index contributed by atoms with van der Waals surface area (Å²) in [6.07, 6.45) is 4.48. The first kappa shape index (κ1) is 16.3. The highest BCUT2D eigenvalue weighted by atomic mass is 32.1. The molecule has 2 nitrogen and oxygen atoms in total. The van der Waals surface area contributed by atoms with Gasteiger partial charge in [-0.2, -0.15) is 0 Å². The molecule has 0 radical (unpaired) electrons. The van der Waals surface area contributed by atoms with Crippen molar-refractivity contribution in [3.05, 3.63) is 51.2 Å². The summed E-state index contributed by atoms with van der Waals surface area (Å²) in [5.41, 5.74) is 4.36. The van der Waals surface area contributed by atoms with E-state index in [2.05, 4.69) is 38.2 Å². The van der Waals surface area contributed by atoms with Crippen molar-refractivity contribution in [2.24, 2.45) is 5.92 Å². The van der Waals surface area contributed by atoms with Crippen LogP contribution in [-0.4, -0.2) is 5.91 Å². The fourth-order valence-electron chi connectivity index (χ4n) is 3.20. The van der Waals surface area contributed by atoms with Crippen molar-refractivity contribution in [2.75, 3.05) is 5.32 Å². The molecule has 23 heavy (non-hydrogen) atoms. The van der Waals surface area contributed by atoms with Gasteiger partial charge in [-0.1, -0.05) is 32.9 Å². The second-order valence-electron chi connectivity index (χ2n) is 6.78. The van der Waals surface area contributed by atoms with Crippen molar-refractivity contribution in [3.8, 4) is 0 Å². The van der Waals surface area contributed by atoms with Gasteiger partial charge in [0.25, 0.3) is 5.91 Å². The van der Waals surface area contributed by atoms with Gasteiger partial charge in [-0.05, 0) is 60.8 Å². The molecule has 1 aliphatic rings. The Labute approximate surface area is 142 Å². The van der Waals surface area contributed by atoms with Crippen LogP contribution in [0.3, 0.4) is 0 Å². The summed E-state index contributed by atoms with van der Waals surface area (Å²) in [4.78, 5) is 14.0. The molecular weight excluding hydrogens is 302 g/mol. The summed E-state index contributed by atoms with van der Waals surface area (Å²) >= 11 is 1.74. The average molecular weight is 327 g/mol. The molecule has 1 N–H and O–H groups in total. The molecule has 0 saturated carbocycles. The number of anilines is 1. The molecule has 0 fully saturated rings. The molecule has 2 atom stereocenters. The van der Waals surface area contributed by atoms with Crippen LogP contribution >= 0.6 is 11.3 Å². The Morgan fingerprint density at radius 1 is 1.35 bits per heavy atom. The first-order valence-electron chi connectivity index (χ1n) is 8.59. The SMILES string of the molecule is CCC(C)c1ccc(NC(=O)c2csc3c2CCC(C)C3)cc1. The van der Waals surface area contributed by atoms with Gasteiger partial charge in [0, 0.05) is 15.9 Å². The predicted molar refractivity (Wildman–Crippen MR) is 98.6 cm³/mol. The molecule has 3 heteroatoms. The van der Waals surface area contributed by atoms with Crippen LogP contribution in [0, 0.1) is 5.92 Å². The zero-order chi connectivity index (χ0) is 16.4. The molecule has 122 valence electrons. The van der Waals surface area contributed by atoms with E-state index in [0.29, 0.717) is 5.92 Å². The number of carbonyl (C=O) groups is 1. The van der Waals surface area contributed by atoms with Gasteiger partial charge in [-0.25, -0.2) is 0 Å². The Morgan fingerprint density at radius 3 is 2.78 bits per heavy atom. The molecule has 1 heterocycles. The number of hydrogen-bond donors (Lipinski definition) is 1. The Balaban J connectivity index is 1.72. The van der Waals surface area contributed by atoms with Crippen molar-refractivity contribution in [2.45, 2.75) is 52.4 Å². The number of rotatable bonds is 4. The number of thiophene rings is 1. The molecule has 1 aromatic heterocycles. The summed E-state index contributed by atoms with van der Waals surface area (Å²) in [6.45, 7) is 6.72. The highest BCUT2D eigenvalue weighted by molar-refractivity contribution is 7.10. The van der Waals surface area contributed by atoms with Gasteiger partial charge in [0.05, 0.1) is 5.56 Å². The van der Waals surface area contributed by atoms with Crippen LogP contribution in [0.2, 0.25) is 0 Å². The lowest BCUT2D eigenvalue weighted by Crippen LogP contribution is -2.16. The average Bonchev–Trinajstić information content (AvgIpc) is 2.97. The molecule has 1 amide bonds. The number of nitrogens with one attached hydrogen (secondary N) is 1. The lowest BCUT2D eigenvalue weighted by Gasteiger charge is -2.18. The van der Waals surface area contributed by atoms with E-state index < -0.39 is 0 Å². The fourth-order valence-corrected chi connectivity index (χ4v) is 4.44. The van der Waals surface area contributed by atoms with Crippen molar-refractivity contribution in [3.63, 3.8) is 0 Å². The van der Waals surface area contributed by atoms with Crippen LogP contribution in [-0.2, 0) is 12.8 Å². The predicted octanol–water partition coefficient (Wildman–Crippen LogP) is 5.64. The summed E-state index contributed by atoms with van der Waals surface area (Å²) in [5.74, 6) is 1.34. The minimum atomic E-state index is 0.0355. The topological polar surface area (TPSA) is 29.1 Å². The summed E-state index contributed by atoms with van der Waals surface area (Å²) < 4.78 is 0. The Bertz CT molecular complexity index is 686. The molecule has 0 aliphatic heterocycles. The summed E-state index contributed by atoms with van der Waals surface area (Å²) in [7, 11) is 0. The van der Waals surface area contributed by atoms with Crippen molar-refractivity contribution < 1.29 is 4.79 Å². The Morgan fingerprint density at radius 2 is 2.09 bits per heavy atom. The van der Waals surface area contributed by atoms with E-state index in [1.165, 1.54) is 22.4 Å². The maximum atomic E-state index is 12.6. The van der Waals surface area contributed by atoms with Gasteiger partial charge >= 0.3 is 0 Å². The second kappa shape index (κ2) is 6.88. The standard InChI is InChI=1S/C20H25NOS/c1-4-14(3)15-6-8-16(9-7-15)21-20(22)18-12-23-19-11-13(2)5-10-17(18)19/h6-9,12-14H,4-5,10-11H2,1-3H3,(H,21,22). The third-order valence-electron chi connectivity index (χ3n) is 5.00. The molecule has 1 aliphatic carbocycles. The van der Waals surface area contributed by atoms with Gasteiger partial charge in [-0.3, -0.25) is 4.79 Å². The molecule has 2 aromatic rings. The minimum Gasteiger partial charge on any atom is -0.322 e. The van der Waals surface area contributed by atoms with E-state index in [0.717, 1.165) is 36.4 Å². The maximum Gasteiger partial charge on any atom is 0.256 e. The maximum absolute atomic E-state index is 12.6. The summed E-state index contributed by atoms with van der Waals surface area (Å²) in [6, 6.07) is 8.27. The Kier molecular flexibility index (Phi) is 4.86. The smallest absolute Gasteiger partial charge is 0.256 e. The molecule has 0 bridgehead atoms. The number of fused-ring (bicyclic) bond motifs is 1. The van der Waals surface area contributed by atoms with E-state index in [9.17, 15) is 4.79 Å². The van der Waals surface area contributed by atoms with Crippen LogP contribution in [0.25, 0.3) is 0 Å². The zero-order valence-corrected chi connectivity index (χ0v) is 15.0. The van der Waals surface area contributed by atoms with Crippen LogP contribution < -0.4 is 5.32 Å². The first-order chi connectivity index (χ1) is 11.1. The lowest BCUT2D eigenvalue weighted by atomic mass is 9.88. The second-order valence-corrected chi connectivity index (χ2v) is 7.75. The van der Waals surface area contributed by atoms with Gasteiger partial charge < -0.3 is 5.32 Å². The van der Waals surface area contributed by atoms with E-state index in [-0.39, 0.29) is 5.91 Å². The number of amides is 1. The van der Waals surface area contributed by atoms with Crippen molar-refractivity contribution >= 4 is 22.9 Å². The minimum absolute atomic E-state index is 0.0355. The first-order valence-corrected chi connectivity index (χ1v) is 9.47. The fraction of sp³-hybridized carbons (Fsp3) is 0.450. The Hall–Kier alpha value is -1.61. The van der Waals surface area contributed by atoms with Gasteiger partial charge in [0.15, 0.2) is 0 Å². The summed E-state index contributed by atoms with van der Waals surface area (Å²) in [5, 5.41) is 5.09. The van der Waals surface area contributed by atoms with Gasteiger partial charge in [0.1, 0.15) is 0 Å². The lowest BCUT2D eigenvalue weighted by molar-refractivity contribution is 0.102. The van der Waals surface area contributed by atoms with E-state index in [1.807, 2.05) is 17.5 Å². The van der Waals surface area contributed by atoms with Crippen molar-refractivity contribution in [1.82, 2.24) is 0 Å². The number of hydrogen-bond acceptors (Lipinski definition) is 2. The third-order valence-corrected chi connectivity index (χ3v) is 6.05. The normalized spacial score (nSPS) is 18.3. The van der Waals surface area contributed by atoms with Gasteiger partial charge in [-0.15, -0.1) is 11.3 Å². The molecule has 1 aromatic carbocycles. The molecule has 3 rings (SSSR count). The van der Waals surface area contributed by atoms with Gasteiger partial charge in [0.2, 0.25) is 0 Å². The quantitative estimate of drug-likeness (QED) is 0.773. The van der Waals surface area contributed by atoms with Crippen LogP contribution in [0.4, 0.5) is 5.69 Å².